The summed E-state index contributed by atoms with van der Waals surface area (Å²) in [5, 5.41) is 5.25. The number of para-hydroxylation sites is 2. The summed E-state index contributed by atoms with van der Waals surface area (Å²) in [6.45, 7) is 7.26. The van der Waals surface area contributed by atoms with Crippen molar-refractivity contribution in [3.05, 3.63) is 24.3 Å². The van der Waals surface area contributed by atoms with Gasteiger partial charge in [-0.1, -0.05) is 12.1 Å². The summed E-state index contributed by atoms with van der Waals surface area (Å²) >= 11 is 0. The predicted octanol–water partition coefficient (Wildman–Crippen LogP) is 3.32. The van der Waals surface area contributed by atoms with Crippen molar-refractivity contribution in [1.29, 1.82) is 0 Å². The normalized spacial score (nSPS) is 10.7. The molecule has 0 atom stereocenters. The van der Waals surface area contributed by atoms with E-state index in [4.69, 9.17) is 9.47 Å². The van der Waals surface area contributed by atoms with Crippen LogP contribution in [0.2, 0.25) is 0 Å². The highest BCUT2D eigenvalue weighted by molar-refractivity contribution is 5.98. The highest BCUT2D eigenvalue weighted by Gasteiger charge is 2.17. The summed E-state index contributed by atoms with van der Waals surface area (Å²) < 4.78 is 9.96. The topological polar surface area (TPSA) is 93.7 Å². The smallest absolute Gasteiger partial charge is 0.412 e. The number of rotatable bonds is 6. The number of carbonyl (C=O) groups excluding carboxylic acids is 3. The van der Waals surface area contributed by atoms with E-state index < -0.39 is 17.7 Å². The van der Waals surface area contributed by atoms with Gasteiger partial charge in [-0.15, -0.1) is 0 Å². The molecule has 0 bridgehead atoms. The lowest BCUT2D eigenvalue weighted by Crippen LogP contribution is -2.27. The summed E-state index contributed by atoms with van der Waals surface area (Å²) in [5.74, 6) is -0.769. The molecule has 1 aromatic rings. The third-order valence-corrected chi connectivity index (χ3v) is 2.70. The Balaban J connectivity index is 2.64. The van der Waals surface area contributed by atoms with Gasteiger partial charge in [-0.2, -0.15) is 0 Å². The van der Waals surface area contributed by atoms with Gasteiger partial charge in [0.1, 0.15) is 5.60 Å². The molecule has 0 unspecified atom stereocenters. The molecule has 1 rings (SSSR count). The van der Waals surface area contributed by atoms with Crippen molar-refractivity contribution in [3.63, 3.8) is 0 Å². The number of nitrogens with one attached hydrogen (secondary N) is 2. The van der Waals surface area contributed by atoms with Crippen LogP contribution >= 0.6 is 0 Å². The van der Waals surface area contributed by atoms with Crippen LogP contribution in [0.5, 0.6) is 0 Å². The number of carbonyl (C=O) groups is 3. The minimum absolute atomic E-state index is 0.000392. The Morgan fingerprint density at radius 1 is 1.00 bits per heavy atom. The number of esters is 1. The van der Waals surface area contributed by atoms with E-state index in [0.29, 0.717) is 11.4 Å². The zero-order valence-electron chi connectivity index (χ0n) is 14.5. The van der Waals surface area contributed by atoms with Crippen LogP contribution < -0.4 is 10.6 Å². The van der Waals surface area contributed by atoms with Crippen molar-refractivity contribution in [3.8, 4) is 0 Å². The molecule has 1 aromatic carbocycles. The largest absolute Gasteiger partial charge is 0.466 e. The number of amides is 2. The summed E-state index contributed by atoms with van der Waals surface area (Å²) in [4.78, 5) is 35.0. The van der Waals surface area contributed by atoms with Gasteiger partial charge in [-0.3, -0.25) is 14.9 Å². The van der Waals surface area contributed by atoms with Gasteiger partial charge in [0.25, 0.3) is 0 Å². The first-order valence-electron chi connectivity index (χ1n) is 7.75. The molecule has 2 amide bonds. The zero-order valence-corrected chi connectivity index (χ0v) is 14.5. The van der Waals surface area contributed by atoms with Crippen molar-refractivity contribution >= 4 is 29.3 Å². The first-order chi connectivity index (χ1) is 11.2. The van der Waals surface area contributed by atoms with Gasteiger partial charge in [0.15, 0.2) is 0 Å². The molecule has 0 aliphatic rings. The Labute approximate surface area is 141 Å². The third kappa shape index (κ3) is 7.62. The van der Waals surface area contributed by atoms with Crippen LogP contribution in [0.4, 0.5) is 16.2 Å². The molecule has 0 fully saturated rings. The summed E-state index contributed by atoms with van der Waals surface area (Å²) in [7, 11) is 0. The fourth-order valence-corrected chi connectivity index (χ4v) is 1.78. The Kier molecular flexibility index (Phi) is 7.23. The van der Waals surface area contributed by atoms with Crippen molar-refractivity contribution in [2.24, 2.45) is 0 Å². The molecule has 7 heteroatoms. The SMILES string of the molecule is CCOC(=O)CCC(=O)Nc1ccccc1NC(=O)OC(C)(C)C. The maximum Gasteiger partial charge on any atom is 0.412 e. The average molecular weight is 336 g/mol. The molecule has 0 heterocycles. The number of hydrogen-bond acceptors (Lipinski definition) is 5. The number of anilines is 2. The molecule has 0 saturated heterocycles. The van der Waals surface area contributed by atoms with Gasteiger partial charge in [0.2, 0.25) is 5.91 Å². The fraction of sp³-hybridized carbons (Fsp3) is 0.471. The van der Waals surface area contributed by atoms with Crippen molar-refractivity contribution in [1.82, 2.24) is 0 Å². The molecule has 0 aliphatic carbocycles. The highest BCUT2D eigenvalue weighted by atomic mass is 16.6. The van der Waals surface area contributed by atoms with Gasteiger partial charge in [0.05, 0.1) is 24.4 Å². The lowest BCUT2D eigenvalue weighted by molar-refractivity contribution is -0.144. The molecule has 0 aromatic heterocycles. The average Bonchev–Trinajstić information content (AvgIpc) is 2.45. The van der Waals surface area contributed by atoms with Crippen LogP contribution in [0, 0.1) is 0 Å². The maximum absolute atomic E-state index is 11.9. The molecular formula is C17H24N2O5. The Hall–Kier alpha value is -2.57. The van der Waals surface area contributed by atoms with Crippen LogP contribution in [0.1, 0.15) is 40.5 Å². The molecule has 0 aliphatic heterocycles. The standard InChI is InChI=1S/C17H24N2O5/c1-5-23-15(21)11-10-14(20)18-12-8-6-7-9-13(12)19-16(22)24-17(2,3)4/h6-9H,5,10-11H2,1-4H3,(H,18,20)(H,19,22). The van der Waals surface area contributed by atoms with E-state index in [1.807, 2.05) is 0 Å². The fourth-order valence-electron chi connectivity index (χ4n) is 1.78. The molecule has 132 valence electrons. The van der Waals surface area contributed by atoms with Crippen LogP contribution in [-0.2, 0) is 19.1 Å². The maximum atomic E-state index is 11.9. The van der Waals surface area contributed by atoms with E-state index in [0.717, 1.165) is 0 Å². The van der Waals surface area contributed by atoms with Crippen LogP contribution in [0.25, 0.3) is 0 Å². The summed E-state index contributed by atoms with van der Waals surface area (Å²) in [6.07, 6.45) is -0.614. The van der Waals surface area contributed by atoms with Gasteiger partial charge in [-0.05, 0) is 39.8 Å². The van der Waals surface area contributed by atoms with Crippen LogP contribution in [-0.4, -0.2) is 30.2 Å². The van der Waals surface area contributed by atoms with Gasteiger partial charge >= 0.3 is 12.1 Å². The molecule has 24 heavy (non-hydrogen) atoms. The van der Waals surface area contributed by atoms with Gasteiger partial charge < -0.3 is 14.8 Å². The van der Waals surface area contributed by atoms with Gasteiger partial charge in [0, 0.05) is 6.42 Å². The molecule has 0 saturated carbocycles. The summed E-state index contributed by atoms with van der Waals surface area (Å²) in [6, 6.07) is 6.74. The zero-order chi connectivity index (χ0) is 18.2. The minimum atomic E-state index is -0.623. The number of hydrogen-bond donors (Lipinski definition) is 2. The first kappa shape index (κ1) is 19.5. The number of ether oxygens (including phenoxy) is 2. The predicted molar refractivity (Wildman–Crippen MR) is 90.8 cm³/mol. The Morgan fingerprint density at radius 3 is 2.12 bits per heavy atom. The second kappa shape index (κ2) is 8.90. The van der Waals surface area contributed by atoms with Crippen molar-refractivity contribution in [2.45, 2.75) is 46.1 Å². The highest BCUT2D eigenvalue weighted by Crippen LogP contribution is 2.22. The summed E-state index contributed by atoms with van der Waals surface area (Å²) in [5.41, 5.74) is 0.218. The van der Waals surface area contributed by atoms with E-state index in [-0.39, 0.29) is 25.4 Å². The Morgan fingerprint density at radius 2 is 1.58 bits per heavy atom. The first-order valence-corrected chi connectivity index (χ1v) is 7.75. The van der Waals surface area contributed by atoms with Crippen molar-refractivity contribution < 1.29 is 23.9 Å². The Bertz CT molecular complexity index is 593. The minimum Gasteiger partial charge on any atom is -0.466 e. The lowest BCUT2D eigenvalue weighted by atomic mass is 10.2. The molecule has 0 spiro atoms. The van der Waals surface area contributed by atoms with E-state index in [1.165, 1.54) is 0 Å². The second-order valence-corrected chi connectivity index (χ2v) is 6.03. The third-order valence-electron chi connectivity index (χ3n) is 2.70. The van der Waals surface area contributed by atoms with Crippen LogP contribution in [0.15, 0.2) is 24.3 Å². The molecule has 2 N–H and O–H groups in total. The second-order valence-electron chi connectivity index (χ2n) is 6.03. The van der Waals surface area contributed by atoms with E-state index in [9.17, 15) is 14.4 Å². The van der Waals surface area contributed by atoms with E-state index in [2.05, 4.69) is 10.6 Å². The molecular weight excluding hydrogens is 312 g/mol. The van der Waals surface area contributed by atoms with Crippen LogP contribution in [0.3, 0.4) is 0 Å². The lowest BCUT2D eigenvalue weighted by Gasteiger charge is -2.20. The molecule has 0 radical (unpaired) electrons. The number of benzene rings is 1. The van der Waals surface area contributed by atoms with E-state index in [1.54, 1.807) is 52.0 Å². The van der Waals surface area contributed by atoms with E-state index >= 15 is 0 Å². The van der Waals surface area contributed by atoms with Crippen molar-refractivity contribution in [2.75, 3.05) is 17.2 Å². The quantitative estimate of drug-likeness (QED) is 0.777. The van der Waals surface area contributed by atoms with Gasteiger partial charge in [-0.25, -0.2) is 4.79 Å². The monoisotopic (exact) mass is 336 g/mol. The molecule has 7 nitrogen and oxygen atoms in total.